The third-order valence-corrected chi connectivity index (χ3v) is 3.43. The summed E-state index contributed by atoms with van der Waals surface area (Å²) in [6.45, 7) is 0. The number of aromatic nitrogens is 2. The SMILES string of the molecule is Nc1ccc(C(=O)Nc2cnc(-c3ccccc3)nc2)cc1[N+](=O)[O-]. The fourth-order valence-electron chi connectivity index (χ4n) is 2.18. The van der Waals surface area contributed by atoms with Crippen LogP contribution in [0.4, 0.5) is 17.1 Å². The van der Waals surface area contributed by atoms with Crippen LogP contribution in [0.2, 0.25) is 0 Å². The fraction of sp³-hybridized carbons (Fsp3) is 0. The van der Waals surface area contributed by atoms with E-state index in [-0.39, 0.29) is 16.9 Å². The van der Waals surface area contributed by atoms with E-state index >= 15 is 0 Å². The second kappa shape index (κ2) is 6.75. The fourth-order valence-corrected chi connectivity index (χ4v) is 2.18. The number of benzene rings is 2. The van der Waals surface area contributed by atoms with E-state index in [0.29, 0.717) is 11.5 Å². The summed E-state index contributed by atoms with van der Waals surface area (Å²) in [5.41, 5.74) is 6.56. The lowest BCUT2D eigenvalue weighted by Gasteiger charge is -2.06. The highest BCUT2D eigenvalue weighted by molar-refractivity contribution is 6.04. The van der Waals surface area contributed by atoms with Crippen LogP contribution in [0.1, 0.15) is 10.4 Å². The quantitative estimate of drug-likeness (QED) is 0.429. The van der Waals surface area contributed by atoms with Gasteiger partial charge in [-0.25, -0.2) is 9.97 Å². The smallest absolute Gasteiger partial charge is 0.292 e. The van der Waals surface area contributed by atoms with E-state index in [1.807, 2.05) is 30.3 Å². The Morgan fingerprint density at radius 1 is 1.08 bits per heavy atom. The van der Waals surface area contributed by atoms with Crippen LogP contribution in [0.3, 0.4) is 0 Å². The maximum Gasteiger partial charge on any atom is 0.292 e. The van der Waals surface area contributed by atoms with Gasteiger partial charge in [-0.15, -0.1) is 0 Å². The Morgan fingerprint density at radius 2 is 1.76 bits per heavy atom. The van der Waals surface area contributed by atoms with Crippen LogP contribution >= 0.6 is 0 Å². The van der Waals surface area contributed by atoms with Crippen LogP contribution in [0.15, 0.2) is 60.9 Å². The Kier molecular flexibility index (Phi) is 4.34. The highest BCUT2D eigenvalue weighted by Crippen LogP contribution is 2.23. The van der Waals surface area contributed by atoms with Gasteiger partial charge in [0.25, 0.3) is 11.6 Å². The topological polar surface area (TPSA) is 124 Å². The van der Waals surface area contributed by atoms with E-state index in [9.17, 15) is 14.9 Å². The molecule has 1 aromatic heterocycles. The average Bonchev–Trinajstić information content (AvgIpc) is 2.63. The third kappa shape index (κ3) is 3.58. The van der Waals surface area contributed by atoms with Crippen molar-refractivity contribution < 1.29 is 9.72 Å². The van der Waals surface area contributed by atoms with Crippen LogP contribution in [0, 0.1) is 10.1 Å². The molecule has 8 nitrogen and oxygen atoms in total. The van der Waals surface area contributed by atoms with Crippen LogP contribution in [-0.2, 0) is 0 Å². The molecular weight excluding hydrogens is 322 g/mol. The van der Waals surface area contributed by atoms with Gasteiger partial charge in [-0.3, -0.25) is 14.9 Å². The number of amides is 1. The molecule has 1 heterocycles. The van der Waals surface area contributed by atoms with Gasteiger partial charge in [0, 0.05) is 17.2 Å². The third-order valence-electron chi connectivity index (χ3n) is 3.43. The van der Waals surface area contributed by atoms with Crippen LogP contribution in [0.5, 0.6) is 0 Å². The number of nitro benzene ring substituents is 1. The Labute approximate surface area is 142 Å². The van der Waals surface area contributed by atoms with Crippen molar-refractivity contribution in [3.8, 4) is 11.4 Å². The average molecular weight is 335 g/mol. The zero-order valence-corrected chi connectivity index (χ0v) is 12.9. The molecule has 0 saturated heterocycles. The first-order chi connectivity index (χ1) is 12.0. The lowest BCUT2D eigenvalue weighted by atomic mass is 10.1. The first-order valence-electron chi connectivity index (χ1n) is 7.27. The molecule has 3 N–H and O–H groups in total. The molecule has 0 bridgehead atoms. The molecule has 8 heteroatoms. The number of nitrogen functional groups attached to an aromatic ring is 1. The van der Waals surface area contributed by atoms with Crippen LogP contribution in [0.25, 0.3) is 11.4 Å². The minimum Gasteiger partial charge on any atom is -0.393 e. The first-order valence-corrected chi connectivity index (χ1v) is 7.27. The predicted molar refractivity (Wildman–Crippen MR) is 92.9 cm³/mol. The number of carbonyl (C=O) groups excluding carboxylic acids is 1. The molecule has 0 spiro atoms. The molecule has 0 atom stereocenters. The number of nitro groups is 1. The lowest BCUT2D eigenvalue weighted by molar-refractivity contribution is -0.383. The second-order valence-corrected chi connectivity index (χ2v) is 5.15. The van der Waals surface area contributed by atoms with Crippen molar-refractivity contribution in [3.63, 3.8) is 0 Å². The van der Waals surface area contributed by atoms with E-state index in [2.05, 4.69) is 15.3 Å². The monoisotopic (exact) mass is 335 g/mol. The van der Waals surface area contributed by atoms with Crippen molar-refractivity contribution >= 4 is 23.0 Å². The Morgan fingerprint density at radius 3 is 2.40 bits per heavy atom. The van der Waals surface area contributed by atoms with Gasteiger partial charge in [-0.05, 0) is 12.1 Å². The highest BCUT2D eigenvalue weighted by Gasteiger charge is 2.16. The van der Waals surface area contributed by atoms with Crippen molar-refractivity contribution in [2.45, 2.75) is 0 Å². The molecule has 0 saturated carbocycles. The summed E-state index contributed by atoms with van der Waals surface area (Å²) in [5.74, 6) is 0.0147. The van der Waals surface area contributed by atoms with Gasteiger partial charge in [-0.1, -0.05) is 30.3 Å². The van der Waals surface area contributed by atoms with Crippen molar-refractivity contribution in [2.24, 2.45) is 0 Å². The molecule has 0 unspecified atom stereocenters. The Bertz CT molecular complexity index is 927. The first kappa shape index (κ1) is 16.1. The molecule has 124 valence electrons. The van der Waals surface area contributed by atoms with Gasteiger partial charge in [0.2, 0.25) is 0 Å². The summed E-state index contributed by atoms with van der Waals surface area (Å²) in [4.78, 5) is 30.9. The van der Waals surface area contributed by atoms with Crippen molar-refractivity contribution in [3.05, 3.63) is 76.6 Å². The summed E-state index contributed by atoms with van der Waals surface area (Å²) in [6.07, 6.45) is 2.94. The van der Waals surface area contributed by atoms with Gasteiger partial charge in [-0.2, -0.15) is 0 Å². The molecule has 3 aromatic rings. The zero-order valence-electron chi connectivity index (χ0n) is 12.9. The number of carbonyl (C=O) groups is 1. The summed E-state index contributed by atoms with van der Waals surface area (Å²) in [7, 11) is 0. The van der Waals surface area contributed by atoms with Gasteiger partial charge < -0.3 is 11.1 Å². The lowest BCUT2D eigenvalue weighted by Crippen LogP contribution is -2.13. The Hall–Kier alpha value is -3.81. The summed E-state index contributed by atoms with van der Waals surface area (Å²) in [5, 5.41) is 13.5. The van der Waals surface area contributed by atoms with Gasteiger partial charge in [0.15, 0.2) is 5.82 Å². The summed E-state index contributed by atoms with van der Waals surface area (Å²) < 4.78 is 0. The number of anilines is 2. The van der Waals surface area contributed by atoms with Crippen LogP contribution in [-0.4, -0.2) is 20.8 Å². The Balaban J connectivity index is 1.77. The molecule has 1 amide bonds. The number of nitrogens with two attached hydrogens (primary N) is 1. The number of nitrogens with one attached hydrogen (secondary N) is 1. The maximum absolute atomic E-state index is 12.2. The number of hydrogen-bond acceptors (Lipinski definition) is 6. The molecule has 0 aliphatic rings. The number of rotatable bonds is 4. The van der Waals surface area contributed by atoms with Gasteiger partial charge in [0.1, 0.15) is 5.69 Å². The molecule has 25 heavy (non-hydrogen) atoms. The van der Waals surface area contributed by atoms with Gasteiger partial charge >= 0.3 is 0 Å². The normalized spacial score (nSPS) is 10.2. The van der Waals surface area contributed by atoms with Crippen molar-refractivity contribution in [2.75, 3.05) is 11.1 Å². The van der Waals surface area contributed by atoms with E-state index in [1.54, 1.807) is 0 Å². The molecule has 0 aliphatic heterocycles. The molecular formula is C17H13N5O3. The standard InChI is InChI=1S/C17H13N5O3/c18-14-7-6-12(8-15(14)22(24)25)17(23)21-13-9-19-16(20-10-13)11-4-2-1-3-5-11/h1-10H,18H2,(H,21,23). The van der Waals surface area contributed by atoms with E-state index < -0.39 is 10.8 Å². The minimum atomic E-state index is -0.635. The second-order valence-electron chi connectivity index (χ2n) is 5.15. The van der Waals surface area contributed by atoms with Crippen molar-refractivity contribution in [1.29, 1.82) is 0 Å². The minimum absolute atomic E-state index is 0.00269. The molecule has 0 aliphatic carbocycles. The highest BCUT2D eigenvalue weighted by atomic mass is 16.6. The van der Waals surface area contributed by atoms with Crippen LogP contribution < -0.4 is 11.1 Å². The largest absolute Gasteiger partial charge is 0.393 e. The molecule has 2 aromatic carbocycles. The summed E-state index contributed by atoms with van der Waals surface area (Å²) >= 11 is 0. The maximum atomic E-state index is 12.2. The number of nitrogens with zero attached hydrogens (tertiary/aromatic N) is 3. The van der Waals surface area contributed by atoms with Gasteiger partial charge in [0.05, 0.1) is 23.0 Å². The predicted octanol–water partition coefficient (Wildman–Crippen LogP) is 2.89. The van der Waals surface area contributed by atoms with Crippen molar-refractivity contribution in [1.82, 2.24) is 9.97 Å². The summed E-state index contributed by atoms with van der Waals surface area (Å²) in [6, 6.07) is 13.3. The zero-order chi connectivity index (χ0) is 17.8. The molecule has 0 fully saturated rings. The molecule has 0 radical (unpaired) electrons. The van der Waals surface area contributed by atoms with E-state index in [1.165, 1.54) is 24.5 Å². The molecule has 3 rings (SSSR count). The number of hydrogen-bond donors (Lipinski definition) is 2. The van der Waals surface area contributed by atoms with E-state index in [4.69, 9.17) is 5.73 Å². The van der Waals surface area contributed by atoms with E-state index in [0.717, 1.165) is 11.6 Å².